The predicted molar refractivity (Wildman–Crippen MR) is 249 cm³/mol. The van der Waals surface area contributed by atoms with Crippen LogP contribution >= 0.6 is 7.82 Å². The highest BCUT2D eigenvalue weighted by atomic mass is 31.2. The number of phosphoric acid groups is 1. The number of aliphatic hydroxyl groups is 5. The minimum Gasteiger partial charge on any atom is -0.462 e. The molecule has 13 nitrogen and oxygen atoms in total. The van der Waals surface area contributed by atoms with Gasteiger partial charge >= 0.3 is 19.8 Å². The van der Waals surface area contributed by atoms with Gasteiger partial charge in [-0.1, -0.05) is 177 Å². The third kappa shape index (κ3) is 31.0. The molecule has 0 heterocycles. The number of allylic oxidation sites excluding steroid dienone is 12. The second kappa shape index (κ2) is 38.5. The highest BCUT2D eigenvalue weighted by Crippen LogP contribution is 2.47. The maximum atomic E-state index is 12.8. The summed E-state index contributed by atoms with van der Waals surface area (Å²) in [7, 11) is -5.14. The Morgan fingerprint density at radius 1 is 0.508 bits per heavy atom. The molecule has 362 valence electrons. The van der Waals surface area contributed by atoms with E-state index >= 15 is 0 Å². The second-order valence-corrected chi connectivity index (χ2v) is 17.6. The summed E-state index contributed by atoms with van der Waals surface area (Å²) in [5.74, 6) is -1.20. The predicted octanol–water partition coefficient (Wildman–Crippen LogP) is 9.50. The molecule has 0 aromatic rings. The van der Waals surface area contributed by atoms with Gasteiger partial charge in [-0.05, 0) is 51.4 Å². The number of hydrogen-bond donors (Lipinski definition) is 6. The van der Waals surface area contributed by atoms with Crippen molar-refractivity contribution >= 4 is 19.8 Å². The van der Waals surface area contributed by atoms with Gasteiger partial charge in [0, 0.05) is 12.8 Å². The average molecular weight is 911 g/mol. The maximum Gasteiger partial charge on any atom is 0.472 e. The van der Waals surface area contributed by atoms with Crippen LogP contribution in [0.5, 0.6) is 0 Å². The lowest BCUT2D eigenvalue weighted by Crippen LogP contribution is -2.64. The third-order valence-corrected chi connectivity index (χ3v) is 11.6. The average Bonchev–Trinajstić information content (AvgIpc) is 3.26. The molecular weight excluding hydrogens is 828 g/mol. The van der Waals surface area contributed by atoms with E-state index in [1.54, 1.807) is 0 Å². The lowest BCUT2D eigenvalue weighted by molar-refractivity contribution is -0.220. The van der Waals surface area contributed by atoms with E-state index in [-0.39, 0.29) is 12.8 Å². The molecule has 0 amide bonds. The van der Waals surface area contributed by atoms with Gasteiger partial charge in [-0.15, -0.1) is 0 Å². The summed E-state index contributed by atoms with van der Waals surface area (Å²) in [5, 5.41) is 50.2. The molecule has 1 saturated carbocycles. The fourth-order valence-electron chi connectivity index (χ4n) is 6.78. The van der Waals surface area contributed by atoms with Crippen molar-refractivity contribution in [1.82, 2.24) is 0 Å². The van der Waals surface area contributed by atoms with Crippen LogP contribution in [0.15, 0.2) is 72.9 Å². The van der Waals surface area contributed by atoms with Crippen molar-refractivity contribution in [2.45, 2.75) is 211 Å². The molecule has 1 fully saturated rings. The Balaban J connectivity index is 2.51. The van der Waals surface area contributed by atoms with E-state index in [0.717, 1.165) is 51.4 Å². The highest BCUT2D eigenvalue weighted by Gasteiger charge is 2.51. The molecule has 1 aliphatic rings. The smallest absolute Gasteiger partial charge is 0.462 e. The molecule has 63 heavy (non-hydrogen) atoms. The van der Waals surface area contributed by atoms with Crippen LogP contribution in [0.2, 0.25) is 0 Å². The van der Waals surface area contributed by atoms with Crippen LogP contribution in [0.25, 0.3) is 0 Å². The van der Waals surface area contributed by atoms with Crippen molar-refractivity contribution in [3.63, 3.8) is 0 Å². The molecular formula is C49H83O13P. The summed E-state index contributed by atoms with van der Waals surface area (Å²) in [6.07, 6.45) is 35.4. The lowest BCUT2D eigenvalue weighted by atomic mass is 9.85. The molecule has 0 spiro atoms. The molecule has 1 rings (SSSR count). The van der Waals surface area contributed by atoms with Crippen molar-refractivity contribution < 1.29 is 63.1 Å². The van der Waals surface area contributed by atoms with Crippen LogP contribution < -0.4 is 0 Å². The van der Waals surface area contributed by atoms with E-state index in [4.69, 9.17) is 18.5 Å². The van der Waals surface area contributed by atoms with E-state index in [1.807, 2.05) is 18.2 Å². The van der Waals surface area contributed by atoms with Crippen molar-refractivity contribution in [3.05, 3.63) is 72.9 Å². The quantitative estimate of drug-likeness (QED) is 0.0148. The van der Waals surface area contributed by atoms with Crippen molar-refractivity contribution in [2.75, 3.05) is 13.2 Å². The zero-order valence-corrected chi connectivity index (χ0v) is 39.2. The number of esters is 2. The summed E-state index contributed by atoms with van der Waals surface area (Å²) in [4.78, 5) is 35.7. The Morgan fingerprint density at radius 2 is 0.905 bits per heavy atom. The van der Waals surface area contributed by atoms with Crippen molar-refractivity contribution in [2.24, 2.45) is 0 Å². The minimum atomic E-state index is -5.14. The maximum absolute atomic E-state index is 12.8. The fourth-order valence-corrected chi connectivity index (χ4v) is 7.76. The first-order valence-electron chi connectivity index (χ1n) is 23.7. The number of aliphatic hydroxyl groups excluding tert-OH is 5. The van der Waals surface area contributed by atoms with Gasteiger partial charge in [0.05, 0.1) is 6.61 Å². The molecule has 0 saturated heterocycles. The molecule has 0 aromatic heterocycles. The molecule has 0 radical (unpaired) electrons. The molecule has 1 aliphatic carbocycles. The Bertz CT molecular complexity index is 1380. The number of hydrogen-bond acceptors (Lipinski definition) is 12. The van der Waals surface area contributed by atoms with Crippen LogP contribution in [-0.2, 0) is 32.7 Å². The van der Waals surface area contributed by atoms with E-state index in [9.17, 15) is 44.6 Å². The van der Waals surface area contributed by atoms with Gasteiger partial charge in [0.25, 0.3) is 0 Å². The van der Waals surface area contributed by atoms with E-state index in [1.165, 1.54) is 70.6 Å². The van der Waals surface area contributed by atoms with Crippen LogP contribution in [0, 0.1) is 0 Å². The summed E-state index contributed by atoms with van der Waals surface area (Å²) in [6, 6.07) is 0. The minimum absolute atomic E-state index is 0.0302. The van der Waals surface area contributed by atoms with Crippen molar-refractivity contribution in [3.8, 4) is 0 Å². The highest BCUT2D eigenvalue weighted by molar-refractivity contribution is 7.47. The number of carbonyl (C=O) groups excluding carboxylic acids is 2. The molecule has 0 bridgehead atoms. The van der Waals surface area contributed by atoms with E-state index in [2.05, 4.69) is 68.5 Å². The van der Waals surface area contributed by atoms with Crippen LogP contribution in [0.1, 0.15) is 168 Å². The number of rotatable bonds is 38. The number of ether oxygens (including phenoxy) is 2. The Labute approximate surface area is 378 Å². The first kappa shape index (κ1) is 58.3. The fraction of sp³-hybridized carbons (Fsp3) is 0.714. The van der Waals surface area contributed by atoms with Gasteiger partial charge in [-0.3, -0.25) is 18.6 Å². The first-order chi connectivity index (χ1) is 30.4. The molecule has 6 atom stereocenters. The Hall–Kier alpha value is -2.71. The molecule has 0 aromatic carbocycles. The van der Waals surface area contributed by atoms with Gasteiger partial charge in [0.15, 0.2) is 6.10 Å². The number of phosphoric ester groups is 1. The van der Waals surface area contributed by atoms with Crippen LogP contribution in [0.4, 0.5) is 0 Å². The SMILES string of the molecule is CCC=CCC=CCC=CCC=CCC=CCC=CCCC(=O)OC(COC(=O)CCCCCCCCCCCCCCCCC)COP(=O)(O)OC1C(O)C(O)C(O)C(O)C1O. The number of unbranched alkanes of at least 4 members (excludes halogenated alkanes) is 14. The third-order valence-electron chi connectivity index (χ3n) is 10.6. The number of carbonyl (C=O) groups is 2. The zero-order valence-electron chi connectivity index (χ0n) is 38.3. The molecule has 14 heteroatoms. The van der Waals surface area contributed by atoms with Crippen LogP contribution in [0.3, 0.4) is 0 Å². The standard InChI is InChI=1S/C49H83O13P/c1-3-5-7-9-11-13-15-17-19-20-21-22-24-26-28-30-32-34-36-38-43(51)61-41(40-60-63(57,58)62-49-47(55)45(53)44(52)46(54)48(49)56)39-59-42(50)37-35-33-31-29-27-25-23-18-16-14-12-10-8-6-4-2/h5,7,11,13,17,19,21-22,26,28,32,34,41,44-49,52-56H,3-4,6,8-10,12,14-16,18,20,23-25,27,29-31,33,35-40H2,1-2H3,(H,57,58). The molecule has 6 N–H and O–H groups in total. The first-order valence-corrected chi connectivity index (χ1v) is 25.2. The van der Waals surface area contributed by atoms with Gasteiger partial charge in [0.2, 0.25) is 0 Å². The Kier molecular flexibility index (Phi) is 35.7. The second-order valence-electron chi connectivity index (χ2n) is 16.2. The topological polar surface area (TPSA) is 210 Å². The largest absolute Gasteiger partial charge is 0.472 e. The van der Waals surface area contributed by atoms with Crippen molar-refractivity contribution in [1.29, 1.82) is 0 Å². The summed E-state index contributed by atoms with van der Waals surface area (Å²) in [5.41, 5.74) is 0. The van der Waals surface area contributed by atoms with Crippen LogP contribution in [-0.4, -0.2) is 98.3 Å². The summed E-state index contributed by atoms with van der Waals surface area (Å²) in [6.45, 7) is 3.12. The lowest BCUT2D eigenvalue weighted by Gasteiger charge is -2.41. The van der Waals surface area contributed by atoms with Gasteiger partial charge in [-0.25, -0.2) is 4.57 Å². The normalized spacial score (nSPS) is 22.3. The van der Waals surface area contributed by atoms with Gasteiger partial charge < -0.3 is 39.9 Å². The Morgan fingerprint density at radius 3 is 1.35 bits per heavy atom. The molecule has 0 aliphatic heterocycles. The molecule has 6 unspecified atom stereocenters. The monoisotopic (exact) mass is 911 g/mol. The summed E-state index contributed by atoms with van der Waals surface area (Å²) < 4.78 is 33.5. The van der Waals surface area contributed by atoms with Gasteiger partial charge in [-0.2, -0.15) is 0 Å². The van der Waals surface area contributed by atoms with Gasteiger partial charge in [0.1, 0.15) is 43.2 Å². The van der Waals surface area contributed by atoms with E-state index in [0.29, 0.717) is 19.3 Å². The summed E-state index contributed by atoms with van der Waals surface area (Å²) >= 11 is 0. The zero-order chi connectivity index (χ0) is 46.4. The van der Waals surface area contributed by atoms with E-state index < -0.39 is 75.7 Å².